The molecular formula is C9H16N2. The van der Waals surface area contributed by atoms with Crippen molar-refractivity contribution in [2.45, 2.75) is 32.7 Å². The van der Waals surface area contributed by atoms with Crippen LogP contribution in [-0.4, -0.2) is 24.0 Å². The first kappa shape index (κ1) is 8.55. The van der Waals surface area contributed by atoms with Gasteiger partial charge in [0.2, 0.25) is 0 Å². The molecule has 0 aliphatic carbocycles. The molecule has 2 heteroatoms. The number of hydrogen-bond acceptors (Lipinski definition) is 2. The standard InChI is InChI=1S/C9H16N2/c1-3-8-6-11(7-8)9(4-2)5-10/h8-9H,3-4,6-7H2,1-2H3. The lowest BCUT2D eigenvalue weighted by Crippen LogP contribution is -2.51. The molecule has 0 aromatic heterocycles. The molecule has 11 heavy (non-hydrogen) atoms. The molecule has 62 valence electrons. The second kappa shape index (κ2) is 3.73. The van der Waals surface area contributed by atoms with Gasteiger partial charge in [0.25, 0.3) is 0 Å². The molecule has 0 saturated carbocycles. The average Bonchev–Trinajstić information content (AvgIpc) is 1.95. The van der Waals surface area contributed by atoms with Gasteiger partial charge in [-0.05, 0) is 12.3 Å². The molecule has 0 bridgehead atoms. The fraction of sp³-hybridized carbons (Fsp3) is 0.889. The third-order valence-corrected chi connectivity index (χ3v) is 2.54. The average molecular weight is 152 g/mol. The molecule has 0 radical (unpaired) electrons. The molecule has 1 heterocycles. The van der Waals surface area contributed by atoms with Crippen LogP contribution in [0.15, 0.2) is 0 Å². The molecule has 1 rings (SSSR count). The molecular weight excluding hydrogens is 136 g/mol. The van der Waals surface area contributed by atoms with Crippen LogP contribution in [0, 0.1) is 17.2 Å². The first-order chi connectivity index (χ1) is 5.31. The van der Waals surface area contributed by atoms with E-state index in [0.29, 0.717) is 0 Å². The molecule has 0 aromatic carbocycles. The van der Waals surface area contributed by atoms with Crippen molar-refractivity contribution in [3.8, 4) is 6.07 Å². The Bertz CT molecular complexity index is 153. The molecule has 1 fully saturated rings. The van der Waals surface area contributed by atoms with Crippen LogP contribution in [0.3, 0.4) is 0 Å². The van der Waals surface area contributed by atoms with Crippen molar-refractivity contribution in [2.24, 2.45) is 5.92 Å². The monoisotopic (exact) mass is 152 g/mol. The zero-order valence-electron chi connectivity index (χ0n) is 7.38. The van der Waals surface area contributed by atoms with E-state index in [0.717, 1.165) is 25.4 Å². The van der Waals surface area contributed by atoms with Crippen LogP contribution in [0.2, 0.25) is 0 Å². The van der Waals surface area contributed by atoms with Crippen molar-refractivity contribution in [2.75, 3.05) is 13.1 Å². The summed E-state index contributed by atoms with van der Waals surface area (Å²) < 4.78 is 0. The van der Waals surface area contributed by atoms with Crippen molar-refractivity contribution < 1.29 is 0 Å². The topological polar surface area (TPSA) is 27.0 Å². The maximum Gasteiger partial charge on any atom is 0.0975 e. The van der Waals surface area contributed by atoms with Crippen LogP contribution in [0.25, 0.3) is 0 Å². The van der Waals surface area contributed by atoms with E-state index >= 15 is 0 Å². The Balaban J connectivity index is 2.26. The molecule has 2 nitrogen and oxygen atoms in total. The van der Waals surface area contributed by atoms with Crippen molar-refractivity contribution >= 4 is 0 Å². The molecule has 1 saturated heterocycles. The first-order valence-corrected chi connectivity index (χ1v) is 4.45. The number of nitrogens with zero attached hydrogens (tertiary/aromatic N) is 2. The van der Waals surface area contributed by atoms with Crippen molar-refractivity contribution in [1.82, 2.24) is 4.90 Å². The lowest BCUT2D eigenvalue weighted by Gasteiger charge is -2.41. The summed E-state index contributed by atoms with van der Waals surface area (Å²) in [6.45, 7) is 6.58. The van der Waals surface area contributed by atoms with Crippen molar-refractivity contribution in [3.63, 3.8) is 0 Å². The van der Waals surface area contributed by atoms with Gasteiger partial charge in [-0.15, -0.1) is 0 Å². The summed E-state index contributed by atoms with van der Waals surface area (Å²) in [5.74, 6) is 0.859. The van der Waals surface area contributed by atoms with Gasteiger partial charge in [-0.25, -0.2) is 0 Å². The minimum Gasteiger partial charge on any atom is -0.287 e. The van der Waals surface area contributed by atoms with Crippen molar-refractivity contribution in [3.05, 3.63) is 0 Å². The third-order valence-electron chi connectivity index (χ3n) is 2.54. The van der Waals surface area contributed by atoms with E-state index in [1.165, 1.54) is 6.42 Å². The molecule has 1 atom stereocenters. The Morgan fingerprint density at radius 2 is 2.18 bits per heavy atom. The summed E-state index contributed by atoms with van der Waals surface area (Å²) >= 11 is 0. The summed E-state index contributed by atoms with van der Waals surface area (Å²) in [6, 6.07) is 2.50. The largest absolute Gasteiger partial charge is 0.287 e. The minimum absolute atomic E-state index is 0.179. The SMILES string of the molecule is CCC1CN(C(C#N)CC)C1. The Kier molecular flexibility index (Phi) is 2.90. The number of nitriles is 1. The highest BCUT2D eigenvalue weighted by Crippen LogP contribution is 2.21. The van der Waals surface area contributed by atoms with Crippen LogP contribution in [-0.2, 0) is 0 Å². The van der Waals surface area contributed by atoms with Crippen LogP contribution in [0.5, 0.6) is 0 Å². The Labute approximate surface area is 68.8 Å². The minimum atomic E-state index is 0.179. The van der Waals surface area contributed by atoms with Gasteiger partial charge in [-0.2, -0.15) is 5.26 Å². The number of hydrogen-bond donors (Lipinski definition) is 0. The first-order valence-electron chi connectivity index (χ1n) is 4.45. The zero-order chi connectivity index (χ0) is 8.27. The summed E-state index contributed by atoms with van der Waals surface area (Å²) in [4.78, 5) is 2.27. The normalized spacial score (nSPS) is 22.3. The molecule has 1 aliphatic heterocycles. The van der Waals surface area contributed by atoms with Crippen molar-refractivity contribution in [1.29, 1.82) is 5.26 Å². The predicted octanol–water partition coefficient (Wildman–Crippen LogP) is 1.63. The van der Waals surface area contributed by atoms with Crippen LogP contribution < -0.4 is 0 Å². The summed E-state index contributed by atoms with van der Waals surface area (Å²) in [6.07, 6.45) is 2.23. The van der Waals surface area contributed by atoms with Gasteiger partial charge in [0, 0.05) is 13.1 Å². The van der Waals surface area contributed by atoms with Gasteiger partial charge in [-0.3, -0.25) is 4.90 Å². The lowest BCUT2D eigenvalue weighted by atomic mass is 9.95. The smallest absolute Gasteiger partial charge is 0.0975 e. The highest BCUT2D eigenvalue weighted by Gasteiger charge is 2.29. The molecule has 1 aliphatic rings. The molecule has 1 unspecified atom stereocenters. The van der Waals surface area contributed by atoms with E-state index in [4.69, 9.17) is 5.26 Å². The summed E-state index contributed by atoms with van der Waals surface area (Å²) in [7, 11) is 0. The second-order valence-electron chi connectivity index (χ2n) is 3.28. The van der Waals surface area contributed by atoms with E-state index in [-0.39, 0.29) is 6.04 Å². The van der Waals surface area contributed by atoms with Crippen LogP contribution >= 0.6 is 0 Å². The van der Waals surface area contributed by atoms with E-state index < -0.39 is 0 Å². The molecule has 0 amide bonds. The molecule has 0 N–H and O–H groups in total. The van der Waals surface area contributed by atoms with Gasteiger partial charge in [0.1, 0.15) is 0 Å². The number of likely N-dealkylation sites (tertiary alicyclic amines) is 1. The van der Waals surface area contributed by atoms with Gasteiger partial charge < -0.3 is 0 Å². The quantitative estimate of drug-likeness (QED) is 0.614. The Morgan fingerprint density at radius 3 is 2.55 bits per heavy atom. The van der Waals surface area contributed by atoms with Crippen LogP contribution in [0.4, 0.5) is 0 Å². The lowest BCUT2D eigenvalue weighted by molar-refractivity contribution is 0.0712. The van der Waals surface area contributed by atoms with E-state index in [1.807, 2.05) is 0 Å². The second-order valence-corrected chi connectivity index (χ2v) is 3.28. The predicted molar refractivity (Wildman–Crippen MR) is 45.0 cm³/mol. The number of rotatable bonds is 3. The molecule has 0 aromatic rings. The summed E-state index contributed by atoms with van der Waals surface area (Å²) in [5.41, 5.74) is 0. The maximum absolute atomic E-state index is 8.73. The summed E-state index contributed by atoms with van der Waals surface area (Å²) in [5, 5.41) is 8.73. The van der Waals surface area contributed by atoms with Gasteiger partial charge in [-0.1, -0.05) is 20.3 Å². The van der Waals surface area contributed by atoms with Gasteiger partial charge in [0.15, 0.2) is 0 Å². The zero-order valence-corrected chi connectivity index (χ0v) is 7.38. The Morgan fingerprint density at radius 1 is 1.55 bits per heavy atom. The van der Waals surface area contributed by atoms with Crippen LogP contribution in [0.1, 0.15) is 26.7 Å². The van der Waals surface area contributed by atoms with E-state index in [1.54, 1.807) is 0 Å². The highest BCUT2D eigenvalue weighted by atomic mass is 15.2. The molecule has 0 spiro atoms. The van der Waals surface area contributed by atoms with E-state index in [2.05, 4.69) is 24.8 Å². The maximum atomic E-state index is 8.73. The van der Waals surface area contributed by atoms with Gasteiger partial charge in [0.05, 0.1) is 12.1 Å². The highest BCUT2D eigenvalue weighted by molar-refractivity contribution is 4.96. The fourth-order valence-corrected chi connectivity index (χ4v) is 1.55. The van der Waals surface area contributed by atoms with E-state index in [9.17, 15) is 0 Å². The Hall–Kier alpha value is -0.550. The van der Waals surface area contributed by atoms with Gasteiger partial charge >= 0.3 is 0 Å². The third kappa shape index (κ3) is 1.72. The fourth-order valence-electron chi connectivity index (χ4n) is 1.55.